The lowest BCUT2D eigenvalue weighted by atomic mass is 9.99. The quantitative estimate of drug-likeness (QED) is 0.263. The zero-order chi connectivity index (χ0) is 13.6. The van der Waals surface area contributed by atoms with Gasteiger partial charge in [-0.2, -0.15) is 12.6 Å². The van der Waals surface area contributed by atoms with Crippen molar-refractivity contribution in [2.75, 3.05) is 18.8 Å². The van der Waals surface area contributed by atoms with Crippen LogP contribution in [0.15, 0.2) is 5.18 Å². The van der Waals surface area contributed by atoms with E-state index in [2.05, 4.69) is 23.1 Å². The third-order valence-corrected chi connectivity index (χ3v) is 3.44. The lowest BCUT2D eigenvalue weighted by Gasteiger charge is -2.21. The Balaban J connectivity index is 2.66. The van der Waals surface area contributed by atoms with Crippen LogP contribution in [0.2, 0.25) is 0 Å². The summed E-state index contributed by atoms with van der Waals surface area (Å²) in [6.07, 6.45) is 1.47. The molecule has 1 unspecified atom stereocenters. The fourth-order valence-electron chi connectivity index (χ4n) is 1.74. The van der Waals surface area contributed by atoms with Crippen LogP contribution in [0, 0.1) is 4.91 Å². The second-order valence-corrected chi connectivity index (χ2v) is 4.49. The molecule has 0 radical (unpaired) electrons. The van der Waals surface area contributed by atoms with Gasteiger partial charge in [-0.25, -0.2) is 9.59 Å². The highest BCUT2D eigenvalue weighted by Gasteiger charge is 2.42. The number of rotatable bonds is 6. The van der Waals surface area contributed by atoms with Crippen molar-refractivity contribution >= 4 is 24.6 Å². The monoisotopic (exact) mass is 275 g/mol. The van der Waals surface area contributed by atoms with Crippen LogP contribution in [0.4, 0.5) is 0 Å². The second-order valence-electron chi connectivity index (χ2n) is 4.18. The number of carbonyl (C=O) groups is 2. The molecule has 0 saturated carbocycles. The molecule has 1 saturated heterocycles. The molecule has 1 aliphatic rings. The molecule has 1 fully saturated rings. The number of thiol groups is 1. The maximum Gasteiger partial charge on any atom is 0.346 e. The Bertz CT molecular complexity index is 333. The van der Waals surface area contributed by atoms with E-state index in [4.69, 9.17) is 10.5 Å². The van der Waals surface area contributed by atoms with Gasteiger partial charge in [0.05, 0.1) is 0 Å². The fourth-order valence-corrected chi connectivity index (χ4v) is 2.08. The summed E-state index contributed by atoms with van der Waals surface area (Å²) >= 11 is 3.91. The van der Waals surface area contributed by atoms with Gasteiger partial charge in [0.1, 0.15) is 6.04 Å². The number of nitrogens with two attached hydrogens (primary N) is 1. The van der Waals surface area contributed by atoms with Gasteiger partial charge in [-0.15, -0.1) is 4.91 Å². The van der Waals surface area contributed by atoms with E-state index < -0.39 is 23.5 Å². The van der Waals surface area contributed by atoms with Gasteiger partial charge in [0.25, 0.3) is 0 Å². The van der Waals surface area contributed by atoms with Crippen LogP contribution in [0.25, 0.3) is 0 Å². The number of nitroso groups, excluding NO2 is 1. The molecule has 0 aromatic rings. The molecule has 0 spiro atoms. The molecule has 7 nitrogen and oxygen atoms in total. The predicted molar refractivity (Wildman–Crippen MR) is 68.2 cm³/mol. The first kappa shape index (κ1) is 15.1. The molecule has 0 aromatic heterocycles. The van der Waals surface area contributed by atoms with E-state index in [-0.39, 0.29) is 18.7 Å². The number of esters is 2. The molecular weight excluding hydrogens is 258 g/mol. The minimum Gasteiger partial charge on any atom is -0.390 e. The molecule has 8 heteroatoms. The molecule has 0 aromatic carbocycles. The molecule has 1 rings (SSSR count). The summed E-state index contributed by atoms with van der Waals surface area (Å²) in [7, 11) is 0. The van der Waals surface area contributed by atoms with E-state index in [1.54, 1.807) is 0 Å². The van der Waals surface area contributed by atoms with Gasteiger partial charge in [-0.3, -0.25) is 0 Å². The minimum atomic E-state index is -1.67. The van der Waals surface area contributed by atoms with Crippen LogP contribution >= 0.6 is 12.6 Å². The van der Waals surface area contributed by atoms with E-state index in [1.165, 1.54) is 0 Å². The van der Waals surface area contributed by atoms with Gasteiger partial charge in [-0.1, -0.05) is 5.18 Å². The summed E-state index contributed by atoms with van der Waals surface area (Å²) in [5.74, 6) is -1.79. The average molecular weight is 275 g/mol. The third-order valence-electron chi connectivity index (χ3n) is 2.91. The Morgan fingerprint density at radius 2 is 2.28 bits per heavy atom. The summed E-state index contributed by atoms with van der Waals surface area (Å²) in [6, 6.07) is -0.490. The molecule has 0 aliphatic carbocycles. The summed E-state index contributed by atoms with van der Waals surface area (Å²) in [5.41, 5.74) is 3.64. The first-order valence-corrected chi connectivity index (χ1v) is 6.38. The van der Waals surface area contributed by atoms with Crippen molar-refractivity contribution in [3.8, 4) is 0 Å². The van der Waals surface area contributed by atoms with Crippen LogP contribution in [0.1, 0.15) is 19.3 Å². The number of ether oxygens (including phenoxy) is 1. The molecule has 1 heterocycles. The van der Waals surface area contributed by atoms with Gasteiger partial charge in [0.2, 0.25) is 5.54 Å². The van der Waals surface area contributed by atoms with Crippen molar-refractivity contribution in [3.63, 3.8) is 0 Å². The number of nitrogens with one attached hydrogen (secondary N) is 1. The van der Waals surface area contributed by atoms with Gasteiger partial charge in [0.15, 0.2) is 0 Å². The van der Waals surface area contributed by atoms with Crippen LogP contribution in [0.5, 0.6) is 0 Å². The maximum atomic E-state index is 11.8. The Hall–Kier alpha value is -0.990. The lowest BCUT2D eigenvalue weighted by Crippen LogP contribution is -2.45. The van der Waals surface area contributed by atoms with E-state index >= 15 is 0 Å². The Morgan fingerprint density at radius 1 is 1.56 bits per heavy atom. The van der Waals surface area contributed by atoms with Gasteiger partial charge < -0.3 is 15.8 Å². The van der Waals surface area contributed by atoms with E-state index in [0.29, 0.717) is 13.0 Å². The normalized spacial score (nSPS) is 22.2. The predicted octanol–water partition coefficient (Wildman–Crippen LogP) is -0.408. The number of carbonyl (C=O) groups excluding carboxylic acids is 2. The minimum absolute atomic E-state index is 0.00418. The molecular formula is C10H17N3O4S. The highest BCUT2D eigenvalue weighted by Crippen LogP contribution is 2.20. The van der Waals surface area contributed by atoms with Gasteiger partial charge in [0, 0.05) is 5.75 Å². The van der Waals surface area contributed by atoms with Crippen molar-refractivity contribution < 1.29 is 14.3 Å². The molecule has 2 atom stereocenters. The first-order chi connectivity index (χ1) is 8.59. The van der Waals surface area contributed by atoms with Crippen molar-refractivity contribution in [2.24, 2.45) is 10.9 Å². The maximum absolute atomic E-state index is 11.8. The average Bonchev–Trinajstić information content (AvgIpc) is 2.89. The topological polar surface area (TPSA) is 111 Å². The molecule has 3 N–H and O–H groups in total. The highest BCUT2D eigenvalue weighted by molar-refractivity contribution is 7.80. The standard InChI is InChI=1S/C10H17N3O4S/c11-4-3-10(6-18,13-16)9(15)17-8(14)7-2-1-5-12-7/h7,12,18H,1-6,11H2/t7-,10?/m0/s1. The van der Waals surface area contributed by atoms with E-state index in [9.17, 15) is 14.5 Å². The van der Waals surface area contributed by atoms with Crippen LogP contribution < -0.4 is 11.1 Å². The highest BCUT2D eigenvalue weighted by atomic mass is 32.1. The van der Waals surface area contributed by atoms with Crippen molar-refractivity contribution in [3.05, 3.63) is 4.91 Å². The molecule has 1 aliphatic heterocycles. The molecule has 18 heavy (non-hydrogen) atoms. The summed E-state index contributed by atoms with van der Waals surface area (Å²) in [4.78, 5) is 34.3. The van der Waals surface area contributed by atoms with Crippen molar-refractivity contribution in [1.82, 2.24) is 5.32 Å². The first-order valence-electron chi connectivity index (χ1n) is 5.74. The third kappa shape index (κ3) is 3.27. The smallest absolute Gasteiger partial charge is 0.346 e. The largest absolute Gasteiger partial charge is 0.390 e. The second kappa shape index (κ2) is 6.81. The van der Waals surface area contributed by atoms with Crippen molar-refractivity contribution in [1.29, 1.82) is 0 Å². The Morgan fingerprint density at radius 3 is 2.72 bits per heavy atom. The fraction of sp³-hybridized carbons (Fsp3) is 0.800. The zero-order valence-corrected chi connectivity index (χ0v) is 10.8. The van der Waals surface area contributed by atoms with Crippen molar-refractivity contribution in [2.45, 2.75) is 30.8 Å². The van der Waals surface area contributed by atoms with Crippen LogP contribution in [-0.4, -0.2) is 42.4 Å². The number of hydrogen-bond acceptors (Lipinski definition) is 8. The number of nitrogens with zero attached hydrogens (tertiary/aromatic N) is 1. The van der Waals surface area contributed by atoms with E-state index in [1.807, 2.05) is 0 Å². The van der Waals surface area contributed by atoms with Gasteiger partial charge >= 0.3 is 11.9 Å². The molecule has 102 valence electrons. The van der Waals surface area contributed by atoms with Crippen LogP contribution in [-0.2, 0) is 14.3 Å². The Labute approximate surface area is 110 Å². The lowest BCUT2D eigenvalue weighted by molar-refractivity contribution is -0.164. The van der Waals surface area contributed by atoms with E-state index in [0.717, 1.165) is 6.42 Å². The summed E-state index contributed by atoms with van der Waals surface area (Å²) in [5, 5.41) is 5.66. The molecule has 0 amide bonds. The SMILES string of the molecule is NCCC(CS)(N=O)C(=O)OC(=O)[C@@H]1CCCN1. The zero-order valence-electron chi connectivity index (χ0n) is 9.92. The number of hydrogen-bond donors (Lipinski definition) is 3. The Kier molecular flexibility index (Phi) is 5.70. The summed E-state index contributed by atoms with van der Waals surface area (Å²) in [6.45, 7) is 0.789. The summed E-state index contributed by atoms with van der Waals surface area (Å²) < 4.78 is 4.70. The molecule has 0 bridgehead atoms. The van der Waals surface area contributed by atoms with Crippen LogP contribution in [0.3, 0.4) is 0 Å². The van der Waals surface area contributed by atoms with Gasteiger partial charge in [-0.05, 0) is 32.4 Å².